The van der Waals surface area contributed by atoms with Gasteiger partial charge in [0.1, 0.15) is 0 Å². The first-order valence-corrected chi connectivity index (χ1v) is 4.96. The van der Waals surface area contributed by atoms with Gasteiger partial charge in [-0.15, -0.1) is 11.6 Å². The maximum absolute atomic E-state index is 13.1. The molecule has 0 radical (unpaired) electrons. The quantitative estimate of drug-likeness (QED) is 0.577. The molecular weight excluding hydrogens is 215 g/mol. The first kappa shape index (κ1) is 10.1. The van der Waals surface area contributed by atoms with Crippen LogP contribution in [0.5, 0.6) is 0 Å². The summed E-state index contributed by atoms with van der Waals surface area (Å²) in [4.78, 5) is 7.74. The minimum absolute atomic E-state index is 0.271. The summed E-state index contributed by atoms with van der Waals surface area (Å²) in [6.45, 7) is 0. The molecule has 0 saturated carbocycles. The molecule has 4 heteroatoms. The SMILES string of the molecule is Fc1cc(CCl)cc(-c2cccnc2)n1. The zero-order valence-corrected chi connectivity index (χ0v) is 8.58. The molecule has 76 valence electrons. The fourth-order valence-corrected chi connectivity index (χ4v) is 1.44. The van der Waals surface area contributed by atoms with E-state index in [9.17, 15) is 4.39 Å². The highest BCUT2D eigenvalue weighted by Gasteiger charge is 2.03. The molecule has 0 amide bonds. The Morgan fingerprint density at radius 3 is 2.87 bits per heavy atom. The van der Waals surface area contributed by atoms with E-state index in [-0.39, 0.29) is 5.88 Å². The van der Waals surface area contributed by atoms with E-state index in [1.165, 1.54) is 6.07 Å². The van der Waals surface area contributed by atoms with Gasteiger partial charge in [0.25, 0.3) is 0 Å². The van der Waals surface area contributed by atoms with Crippen LogP contribution in [0.25, 0.3) is 11.3 Å². The van der Waals surface area contributed by atoms with Crippen LogP contribution in [0.2, 0.25) is 0 Å². The van der Waals surface area contributed by atoms with E-state index in [2.05, 4.69) is 9.97 Å². The zero-order valence-electron chi connectivity index (χ0n) is 7.82. The van der Waals surface area contributed by atoms with E-state index in [0.717, 1.165) is 5.56 Å². The molecule has 0 aliphatic heterocycles. The van der Waals surface area contributed by atoms with Crippen molar-refractivity contribution < 1.29 is 4.39 Å². The Morgan fingerprint density at radius 2 is 2.20 bits per heavy atom. The van der Waals surface area contributed by atoms with Gasteiger partial charge in [-0.25, -0.2) is 4.98 Å². The van der Waals surface area contributed by atoms with Crippen molar-refractivity contribution in [3.63, 3.8) is 0 Å². The molecule has 2 heterocycles. The van der Waals surface area contributed by atoms with Gasteiger partial charge in [-0.05, 0) is 29.8 Å². The third-order valence-electron chi connectivity index (χ3n) is 1.97. The summed E-state index contributed by atoms with van der Waals surface area (Å²) in [6.07, 6.45) is 3.30. The summed E-state index contributed by atoms with van der Waals surface area (Å²) in [7, 11) is 0. The standard InChI is InChI=1S/C11H8ClFN2/c12-6-8-4-10(15-11(13)5-8)9-2-1-3-14-7-9/h1-5,7H,6H2. The molecule has 0 spiro atoms. The molecule has 2 nitrogen and oxygen atoms in total. The predicted octanol–water partition coefficient (Wildman–Crippen LogP) is 3.02. The Hall–Kier alpha value is -1.48. The van der Waals surface area contributed by atoms with Crippen molar-refractivity contribution in [1.82, 2.24) is 9.97 Å². The maximum atomic E-state index is 13.1. The van der Waals surface area contributed by atoms with Gasteiger partial charge in [-0.1, -0.05) is 0 Å². The van der Waals surface area contributed by atoms with Gasteiger partial charge in [0.15, 0.2) is 0 Å². The molecule has 0 N–H and O–H groups in total. The van der Waals surface area contributed by atoms with Crippen molar-refractivity contribution >= 4 is 11.6 Å². The molecular formula is C11H8ClFN2. The second-order valence-electron chi connectivity index (χ2n) is 3.06. The molecule has 2 rings (SSSR count). The summed E-state index contributed by atoms with van der Waals surface area (Å²) >= 11 is 5.65. The summed E-state index contributed by atoms with van der Waals surface area (Å²) < 4.78 is 13.1. The number of alkyl halides is 1. The normalized spacial score (nSPS) is 10.3. The second kappa shape index (κ2) is 4.36. The van der Waals surface area contributed by atoms with Crippen LogP contribution in [0.15, 0.2) is 36.7 Å². The van der Waals surface area contributed by atoms with Gasteiger partial charge in [-0.3, -0.25) is 4.98 Å². The summed E-state index contributed by atoms with van der Waals surface area (Å²) in [5, 5.41) is 0. The molecule has 2 aromatic heterocycles. The van der Waals surface area contributed by atoms with Gasteiger partial charge in [0.2, 0.25) is 5.95 Å². The lowest BCUT2D eigenvalue weighted by Gasteiger charge is -2.02. The van der Waals surface area contributed by atoms with Crippen LogP contribution < -0.4 is 0 Å². The average Bonchev–Trinajstić information content (AvgIpc) is 2.29. The molecule has 0 bridgehead atoms. The largest absolute Gasteiger partial charge is 0.264 e. The number of halogens is 2. The summed E-state index contributed by atoms with van der Waals surface area (Å²) in [5.41, 5.74) is 2.05. The molecule has 0 fully saturated rings. The monoisotopic (exact) mass is 222 g/mol. The summed E-state index contributed by atoms with van der Waals surface area (Å²) in [6, 6.07) is 6.69. The Kier molecular flexibility index (Phi) is 2.92. The van der Waals surface area contributed by atoms with E-state index in [1.54, 1.807) is 24.5 Å². The van der Waals surface area contributed by atoms with Crippen molar-refractivity contribution in [2.45, 2.75) is 5.88 Å². The second-order valence-corrected chi connectivity index (χ2v) is 3.33. The van der Waals surface area contributed by atoms with E-state index in [4.69, 9.17) is 11.6 Å². The third kappa shape index (κ3) is 2.30. The number of pyridine rings is 2. The molecule has 0 atom stereocenters. The van der Waals surface area contributed by atoms with Gasteiger partial charge < -0.3 is 0 Å². The number of aromatic nitrogens is 2. The van der Waals surface area contributed by atoms with Crippen LogP contribution in [0, 0.1) is 5.95 Å². The third-order valence-corrected chi connectivity index (χ3v) is 2.27. The molecule has 15 heavy (non-hydrogen) atoms. The topological polar surface area (TPSA) is 25.8 Å². The lowest BCUT2D eigenvalue weighted by molar-refractivity contribution is 0.584. The minimum Gasteiger partial charge on any atom is -0.264 e. The van der Waals surface area contributed by atoms with Crippen LogP contribution in [0.4, 0.5) is 4.39 Å². The first-order valence-electron chi connectivity index (χ1n) is 4.42. The number of hydrogen-bond donors (Lipinski definition) is 0. The van der Waals surface area contributed by atoms with Gasteiger partial charge in [0.05, 0.1) is 5.69 Å². The van der Waals surface area contributed by atoms with Gasteiger partial charge >= 0.3 is 0 Å². The van der Waals surface area contributed by atoms with Crippen LogP contribution in [-0.2, 0) is 5.88 Å². The van der Waals surface area contributed by atoms with Crippen LogP contribution >= 0.6 is 11.6 Å². The lowest BCUT2D eigenvalue weighted by atomic mass is 10.1. The molecule has 0 aromatic carbocycles. The maximum Gasteiger partial charge on any atom is 0.213 e. The average molecular weight is 223 g/mol. The number of rotatable bonds is 2. The van der Waals surface area contributed by atoms with E-state index >= 15 is 0 Å². The van der Waals surface area contributed by atoms with E-state index in [1.807, 2.05) is 6.07 Å². The summed E-state index contributed by atoms with van der Waals surface area (Å²) in [5.74, 6) is -0.251. The smallest absolute Gasteiger partial charge is 0.213 e. The molecule has 0 unspecified atom stereocenters. The fourth-order valence-electron chi connectivity index (χ4n) is 1.29. The highest BCUT2D eigenvalue weighted by atomic mass is 35.5. The lowest BCUT2D eigenvalue weighted by Crippen LogP contribution is -1.91. The molecule has 0 saturated heterocycles. The minimum atomic E-state index is -0.521. The molecule has 0 aliphatic carbocycles. The Balaban J connectivity index is 2.49. The van der Waals surface area contributed by atoms with Crippen LogP contribution in [-0.4, -0.2) is 9.97 Å². The first-order chi connectivity index (χ1) is 7.29. The van der Waals surface area contributed by atoms with Crippen LogP contribution in [0.1, 0.15) is 5.56 Å². The van der Waals surface area contributed by atoms with E-state index in [0.29, 0.717) is 11.3 Å². The number of hydrogen-bond acceptors (Lipinski definition) is 2. The van der Waals surface area contributed by atoms with Crippen LogP contribution in [0.3, 0.4) is 0 Å². The fraction of sp³-hybridized carbons (Fsp3) is 0.0909. The van der Waals surface area contributed by atoms with Crippen molar-refractivity contribution in [1.29, 1.82) is 0 Å². The van der Waals surface area contributed by atoms with Gasteiger partial charge in [0, 0.05) is 23.8 Å². The van der Waals surface area contributed by atoms with E-state index < -0.39 is 5.95 Å². The number of nitrogens with zero attached hydrogens (tertiary/aromatic N) is 2. The van der Waals surface area contributed by atoms with Crippen molar-refractivity contribution in [2.24, 2.45) is 0 Å². The molecule has 2 aromatic rings. The Bertz CT molecular complexity index is 459. The highest BCUT2D eigenvalue weighted by Crippen LogP contribution is 2.18. The van der Waals surface area contributed by atoms with Crippen molar-refractivity contribution in [3.05, 3.63) is 48.2 Å². The Morgan fingerprint density at radius 1 is 1.33 bits per heavy atom. The molecule has 0 aliphatic rings. The van der Waals surface area contributed by atoms with Gasteiger partial charge in [-0.2, -0.15) is 4.39 Å². The highest BCUT2D eigenvalue weighted by molar-refractivity contribution is 6.17. The van der Waals surface area contributed by atoms with Crippen molar-refractivity contribution in [3.8, 4) is 11.3 Å². The Labute approximate surface area is 91.8 Å². The predicted molar refractivity (Wildman–Crippen MR) is 57.0 cm³/mol. The zero-order chi connectivity index (χ0) is 10.7. The van der Waals surface area contributed by atoms with Crippen molar-refractivity contribution in [2.75, 3.05) is 0 Å².